The molecule has 0 aromatic heterocycles. The smallest absolute Gasteiger partial charge is 0.308 e. The second-order valence-corrected chi connectivity index (χ2v) is 18.1. The molecule has 352 valence electrons. The number of nitrogens with zero attached hydrogens (tertiary/aromatic N) is 1. The standard InChI is InChI=1S/C48H83NO12/c1-17-19-22-56-40-26-41(51)60-39(18-2)37(27-57-48-46(55-16)45(54-15)31(6)35(10)59-48)23-28(3)20-21-38(50)29(4)24-36(25-42(52-13)53-14)44(32(40)7)61-47-33(8)43(49(11)12)30(5)34(9)58-47/h17,19-21,23,29-37,39-40,42-48H,18,22,24-27H2,1-16H3/b19-17?,21-20+,28-23+/t29-,30-,31-,32+,33-,34-,35-,36-,37-,39-,40-,43+,44-,45-,46-,47+,48-/m1/s1. The summed E-state index contributed by atoms with van der Waals surface area (Å²) in [5.74, 6) is -1.42. The number of esters is 1. The van der Waals surface area contributed by atoms with E-state index in [1.807, 2.05) is 58.9 Å². The van der Waals surface area contributed by atoms with E-state index in [0.717, 1.165) is 5.57 Å². The molecule has 0 aromatic carbocycles. The molecular formula is C48H83NO12. The van der Waals surface area contributed by atoms with E-state index in [2.05, 4.69) is 53.6 Å². The second-order valence-electron chi connectivity index (χ2n) is 18.1. The molecule has 0 amide bonds. The van der Waals surface area contributed by atoms with Crippen molar-refractivity contribution in [2.45, 2.75) is 163 Å². The van der Waals surface area contributed by atoms with Crippen LogP contribution in [0.25, 0.3) is 0 Å². The van der Waals surface area contributed by atoms with Crippen LogP contribution >= 0.6 is 0 Å². The summed E-state index contributed by atoms with van der Waals surface area (Å²) < 4.78 is 62.9. The van der Waals surface area contributed by atoms with Crippen molar-refractivity contribution in [2.75, 3.05) is 55.7 Å². The molecule has 3 heterocycles. The number of allylic oxidation sites excluding steroid dienone is 4. The van der Waals surface area contributed by atoms with Crippen molar-refractivity contribution in [3.63, 3.8) is 0 Å². The van der Waals surface area contributed by atoms with Gasteiger partial charge in [0.25, 0.3) is 0 Å². The summed E-state index contributed by atoms with van der Waals surface area (Å²) in [6, 6.07) is 0.194. The van der Waals surface area contributed by atoms with Crippen molar-refractivity contribution < 1.29 is 57.0 Å². The van der Waals surface area contributed by atoms with Crippen molar-refractivity contribution in [1.82, 2.24) is 4.90 Å². The van der Waals surface area contributed by atoms with Gasteiger partial charge in [-0.2, -0.15) is 0 Å². The van der Waals surface area contributed by atoms with Gasteiger partial charge in [0.1, 0.15) is 12.2 Å². The zero-order valence-electron chi connectivity index (χ0n) is 40.4. The van der Waals surface area contributed by atoms with Crippen molar-refractivity contribution in [1.29, 1.82) is 0 Å². The monoisotopic (exact) mass is 866 g/mol. The highest BCUT2D eigenvalue weighted by atomic mass is 16.7. The van der Waals surface area contributed by atoms with Crippen LogP contribution in [0.2, 0.25) is 0 Å². The molecule has 0 aromatic rings. The number of ketones is 1. The zero-order valence-corrected chi connectivity index (χ0v) is 40.4. The molecule has 0 bridgehead atoms. The average molecular weight is 866 g/mol. The first-order valence-electron chi connectivity index (χ1n) is 22.6. The van der Waals surface area contributed by atoms with Gasteiger partial charge in [-0.3, -0.25) is 9.59 Å². The molecule has 13 heteroatoms. The molecule has 0 saturated carbocycles. The summed E-state index contributed by atoms with van der Waals surface area (Å²) in [6.07, 6.45) is 6.29. The summed E-state index contributed by atoms with van der Waals surface area (Å²) >= 11 is 0. The summed E-state index contributed by atoms with van der Waals surface area (Å²) in [6.45, 7) is 20.9. The third-order valence-corrected chi connectivity index (χ3v) is 13.6. The first-order valence-corrected chi connectivity index (χ1v) is 22.6. The predicted octanol–water partition coefficient (Wildman–Crippen LogP) is 7.41. The summed E-state index contributed by atoms with van der Waals surface area (Å²) in [5, 5.41) is 0. The van der Waals surface area contributed by atoms with Gasteiger partial charge in [-0.05, 0) is 72.5 Å². The Kier molecular flexibility index (Phi) is 22.8. The highest BCUT2D eigenvalue weighted by Gasteiger charge is 2.47. The molecule has 3 aliphatic rings. The lowest BCUT2D eigenvalue weighted by atomic mass is 9.78. The molecule has 0 N–H and O–H groups in total. The maximum atomic E-state index is 14.3. The number of cyclic esters (lactones) is 1. The van der Waals surface area contributed by atoms with Gasteiger partial charge in [-0.1, -0.05) is 71.4 Å². The highest BCUT2D eigenvalue weighted by molar-refractivity contribution is 5.91. The van der Waals surface area contributed by atoms with Gasteiger partial charge in [0.05, 0.1) is 50.2 Å². The predicted molar refractivity (Wildman–Crippen MR) is 236 cm³/mol. The Labute approximate surface area is 368 Å². The van der Waals surface area contributed by atoms with Gasteiger partial charge in [0.2, 0.25) is 0 Å². The molecule has 0 aliphatic carbocycles. The van der Waals surface area contributed by atoms with Crippen LogP contribution in [0.15, 0.2) is 36.0 Å². The molecule has 13 nitrogen and oxygen atoms in total. The minimum absolute atomic E-state index is 0.00815. The molecular weight excluding hydrogens is 783 g/mol. The number of hydrogen-bond donors (Lipinski definition) is 0. The van der Waals surface area contributed by atoms with Crippen LogP contribution in [0.5, 0.6) is 0 Å². The number of carbonyl (C=O) groups excluding carboxylic acids is 2. The van der Waals surface area contributed by atoms with E-state index in [4.69, 9.17) is 47.4 Å². The van der Waals surface area contributed by atoms with Crippen molar-refractivity contribution >= 4 is 11.8 Å². The fourth-order valence-electron chi connectivity index (χ4n) is 9.60. The largest absolute Gasteiger partial charge is 0.462 e. The lowest BCUT2D eigenvalue weighted by Crippen LogP contribution is -2.56. The molecule has 61 heavy (non-hydrogen) atoms. The van der Waals surface area contributed by atoms with Crippen LogP contribution in [0.4, 0.5) is 0 Å². The molecule has 17 atom stereocenters. The minimum Gasteiger partial charge on any atom is -0.462 e. The van der Waals surface area contributed by atoms with Gasteiger partial charge in [-0.15, -0.1) is 0 Å². The first-order chi connectivity index (χ1) is 29.0. The third kappa shape index (κ3) is 14.7. The maximum absolute atomic E-state index is 14.3. The van der Waals surface area contributed by atoms with Crippen molar-refractivity contribution in [2.24, 2.45) is 41.4 Å². The van der Waals surface area contributed by atoms with Crippen LogP contribution in [-0.4, -0.2) is 140 Å². The molecule has 3 aliphatic heterocycles. The van der Waals surface area contributed by atoms with Crippen LogP contribution in [-0.2, 0) is 57.0 Å². The summed E-state index contributed by atoms with van der Waals surface area (Å²) in [4.78, 5) is 30.6. The van der Waals surface area contributed by atoms with E-state index in [0.29, 0.717) is 25.9 Å². The first kappa shape index (κ1) is 53.3. The molecule has 0 spiro atoms. The topological polar surface area (TPSA) is 130 Å². The lowest BCUT2D eigenvalue weighted by molar-refractivity contribution is -0.292. The van der Waals surface area contributed by atoms with Crippen LogP contribution < -0.4 is 0 Å². The number of rotatable bonds is 16. The van der Waals surface area contributed by atoms with Gasteiger partial charge < -0.3 is 52.3 Å². The van der Waals surface area contributed by atoms with E-state index in [1.165, 1.54) is 0 Å². The van der Waals surface area contributed by atoms with Gasteiger partial charge in [0.15, 0.2) is 24.7 Å². The number of ether oxygens (including phenoxy) is 10. The lowest BCUT2D eigenvalue weighted by Gasteiger charge is -2.48. The zero-order chi connectivity index (χ0) is 45.6. The Morgan fingerprint density at radius 3 is 2.05 bits per heavy atom. The maximum Gasteiger partial charge on any atom is 0.308 e. The van der Waals surface area contributed by atoms with E-state index in [1.54, 1.807) is 34.5 Å². The SMILES string of the molecule is CC=CCO[C@@H]1CC(=O)O[C@H](CC)[C@@H](CO[C@@H]2O[C@H](C)[C@@H](C)[C@@H](OC)[C@H]2OC)/C=C(C)/C=C/C(=O)[C@H](C)C[C@H](CC(OC)OC)[C@H](O[C@@H]2O[C@H](C)[C@@H](C)[C@H](N(C)C)[C@H]2C)[C@H]1C. The fourth-order valence-corrected chi connectivity index (χ4v) is 9.60. The van der Waals surface area contributed by atoms with Crippen molar-refractivity contribution in [3.05, 3.63) is 36.0 Å². The normalized spacial score (nSPS) is 40.3. The molecule has 2 fully saturated rings. The molecule has 0 radical (unpaired) electrons. The van der Waals surface area contributed by atoms with Gasteiger partial charge in [0, 0.05) is 70.5 Å². The highest BCUT2D eigenvalue weighted by Crippen LogP contribution is 2.39. The van der Waals surface area contributed by atoms with Crippen LogP contribution in [0.1, 0.15) is 94.9 Å². The average Bonchev–Trinajstić information content (AvgIpc) is 3.22. The fraction of sp³-hybridized carbons (Fsp3) is 0.833. The van der Waals surface area contributed by atoms with Crippen LogP contribution in [0, 0.1) is 41.4 Å². The third-order valence-electron chi connectivity index (χ3n) is 13.6. The van der Waals surface area contributed by atoms with Crippen LogP contribution in [0.3, 0.4) is 0 Å². The molecule has 2 saturated heterocycles. The molecule has 3 rings (SSSR count). The Balaban J connectivity index is 2.12. The van der Waals surface area contributed by atoms with Gasteiger partial charge >= 0.3 is 5.97 Å². The number of carbonyl (C=O) groups is 2. The number of hydrogen-bond acceptors (Lipinski definition) is 13. The van der Waals surface area contributed by atoms with E-state index in [-0.39, 0.29) is 84.6 Å². The van der Waals surface area contributed by atoms with Crippen molar-refractivity contribution in [3.8, 4) is 0 Å². The quantitative estimate of drug-likeness (QED) is 0.0869. The van der Waals surface area contributed by atoms with E-state index in [9.17, 15) is 9.59 Å². The van der Waals surface area contributed by atoms with Gasteiger partial charge in [-0.25, -0.2) is 0 Å². The summed E-state index contributed by atoms with van der Waals surface area (Å²) in [5.41, 5.74) is 0.834. The molecule has 0 unspecified atom stereocenters. The van der Waals surface area contributed by atoms with E-state index >= 15 is 0 Å². The minimum atomic E-state index is -0.706. The summed E-state index contributed by atoms with van der Waals surface area (Å²) in [7, 11) is 10.7. The Morgan fingerprint density at radius 2 is 1.46 bits per heavy atom. The Morgan fingerprint density at radius 1 is 0.820 bits per heavy atom. The Bertz CT molecular complexity index is 1400. The second kappa shape index (κ2) is 26.1. The van der Waals surface area contributed by atoms with E-state index < -0.39 is 49.3 Å². The number of methoxy groups -OCH3 is 4. The Hall–Kier alpha value is -2.04.